The van der Waals surface area contributed by atoms with Gasteiger partial charge in [0.15, 0.2) is 25.1 Å². The molecular formula is C56H38Br9N7O4. The predicted molar refractivity (Wildman–Crippen MR) is 352 cm³/mol. The van der Waals surface area contributed by atoms with Gasteiger partial charge in [0, 0.05) is 93.0 Å². The third-order valence-electron chi connectivity index (χ3n) is 11.3. The minimum Gasteiger partial charge on any atom is -0.398 e. The molecule has 0 bridgehead atoms. The number of carbonyl (C=O) groups is 4. The highest BCUT2D eigenvalue weighted by Crippen LogP contribution is 2.43. The summed E-state index contributed by atoms with van der Waals surface area (Å²) < 4.78 is 6.19. The molecule has 384 valence electrons. The van der Waals surface area contributed by atoms with Gasteiger partial charge in [-0.2, -0.15) is 0 Å². The van der Waals surface area contributed by atoms with Gasteiger partial charge in [-0.3, -0.25) is 19.2 Å². The smallest absolute Gasteiger partial charge is 0.153 e. The van der Waals surface area contributed by atoms with Crippen LogP contribution in [-0.2, 0) is 0 Å². The molecule has 8 aromatic rings. The van der Waals surface area contributed by atoms with Gasteiger partial charge in [0.2, 0.25) is 0 Å². The molecule has 0 aliphatic heterocycles. The van der Waals surface area contributed by atoms with E-state index in [9.17, 15) is 19.2 Å². The Morgan fingerprint density at radius 1 is 0.382 bits per heavy atom. The van der Waals surface area contributed by atoms with Crippen LogP contribution in [0, 0.1) is 0 Å². The van der Waals surface area contributed by atoms with E-state index < -0.39 is 0 Å². The lowest BCUT2D eigenvalue weighted by molar-refractivity contribution is 0.109. The minimum absolute atomic E-state index is 0.0290. The lowest BCUT2D eigenvalue weighted by Gasteiger charge is -2.17. The normalized spacial score (nSPS) is 10.4. The quantitative estimate of drug-likeness (QED) is 0.0598. The molecule has 0 spiro atoms. The van der Waals surface area contributed by atoms with E-state index in [1.807, 2.05) is 30.3 Å². The molecule has 6 N–H and O–H groups in total. The van der Waals surface area contributed by atoms with Gasteiger partial charge >= 0.3 is 0 Å². The number of pyridine rings is 4. The van der Waals surface area contributed by atoms with Crippen LogP contribution in [0.25, 0.3) is 92.2 Å². The standard InChI is InChI=1S/C17H12Br3N.C17H18N4.C13H4Br3NO4.C9H4Br3N/c2*1-5-9-10(6-2)14(18)11(7-3)16-13(9)15(19)12(8-4)17(20)21-16;14-10-6(2-19)5(1-18)9-11(15)8(4-21)13(16)17-12(9)7(10)3-20;10-5-1-2-6-7(11)4-9(12)13-8(6)3-5/h5-8H,1-4H2;5-8H,1-4,18H2,(H4,19,20,21);1-4H;1-4H. The topological polar surface area (TPSA) is 198 Å². The highest BCUT2D eigenvalue weighted by Gasteiger charge is 2.24. The van der Waals surface area contributed by atoms with E-state index in [1.54, 1.807) is 42.5 Å². The van der Waals surface area contributed by atoms with Crippen LogP contribution in [0.4, 0.5) is 17.2 Å². The Morgan fingerprint density at radius 2 is 0.829 bits per heavy atom. The first-order chi connectivity index (χ1) is 36.2. The Balaban J connectivity index is 0.000000190. The van der Waals surface area contributed by atoms with Crippen LogP contribution in [-0.4, -0.2) is 45.1 Å². The first-order valence-corrected chi connectivity index (χ1v) is 28.5. The molecule has 0 unspecified atom stereocenters. The summed E-state index contributed by atoms with van der Waals surface area (Å²) in [5, 5.41) is 3.05. The molecule has 0 aliphatic rings. The number of aldehydes is 4. The maximum Gasteiger partial charge on any atom is 0.153 e. The Labute approximate surface area is 512 Å². The molecule has 20 heteroatoms. The molecule has 0 aliphatic carbocycles. The summed E-state index contributed by atoms with van der Waals surface area (Å²) in [6, 6.07) is 7.96. The van der Waals surface area contributed by atoms with E-state index in [0.29, 0.717) is 59.0 Å². The molecule has 4 aromatic carbocycles. The van der Waals surface area contributed by atoms with Gasteiger partial charge in [-0.25, -0.2) is 19.9 Å². The lowest BCUT2D eigenvalue weighted by atomic mass is 9.93. The van der Waals surface area contributed by atoms with Crippen molar-refractivity contribution in [1.29, 1.82) is 0 Å². The van der Waals surface area contributed by atoms with Crippen LogP contribution in [0.2, 0.25) is 0 Å². The Bertz CT molecular complexity index is 3560. The average Bonchev–Trinajstić information content (AvgIpc) is 3.38. The summed E-state index contributed by atoms with van der Waals surface area (Å²) in [5.74, 6) is 0.305. The summed E-state index contributed by atoms with van der Waals surface area (Å²) in [4.78, 5) is 62.6. The van der Waals surface area contributed by atoms with E-state index >= 15 is 0 Å². The fourth-order valence-corrected chi connectivity index (χ4v) is 13.7. The van der Waals surface area contributed by atoms with Gasteiger partial charge in [0.05, 0.1) is 38.9 Å². The number of halogens is 9. The SMILES string of the molecule is Brc1ccc2c(Br)cc(Br)nc2c1.C=Cc1c(Br)nc2c(C=C)c(Br)c(C=C)c(C=C)c2c1Br.C=Cc1c(N)nc2c(C=C)c(N)c(C=C)c(C=C)c2c1N.O=Cc1c(Br)nc2c(C=O)c(Br)c(C=O)c(C=O)c2c1Br. The number of hydrogen-bond donors (Lipinski definition) is 3. The monoisotopic (exact) mass is 1580 g/mol. The van der Waals surface area contributed by atoms with Crippen LogP contribution < -0.4 is 17.2 Å². The zero-order valence-corrected chi connectivity index (χ0v) is 53.7. The number of nitrogen functional groups attached to an aromatic ring is 3. The maximum atomic E-state index is 11.4. The molecule has 0 atom stereocenters. The van der Waals surface area contributed by atoms with E-state index in [4.69, 9.17) is 17.2 Å². The molecule has 11 nitrogen and oxygen atoms in total. The fourth-order valence-electron chi connectivity index (χ4n) is 7.83. The number of rotatable bonds is 12. The second-order valence-corrected chi connectivity index (χ2v) is 22.5. The largest absolute Gasteiger partial charge is 0.398 e. The number of aromatic nitrogens is 4. The number of carbonyl (C=O) groups excluding carboxylic acids is 4. The van der Waals surface area contributed by atoms with E-state index in [0.717, 1.165) is 87.7 Å². The van der Waals surface area contributed by atoms with Crippen LogP contribution in [0.3, 0.4) is 0 Å². The molecule has 0 saturated carbocycles. The number of anilines is 3. The maximum absolute atomic E-state index is 11.4. The second kappa shape index (κ2) is 26.9. The fraction of sp³-hybridized carbons (Fsp3) is 0. The van der Waals surface area contributed by atoms with Crippen molar-refractivity contribution in [2.75, 3.05) is 17.2 Å². The van der Waals surface area contributed by atoms with Crippen LogP contribution in [0.15, 0.2) is 118 Å². The summed E-state index contributed by atoms with van der Waals surface area (Å²) in [7, 11) is 0. The van der Waals surface area contributed by atoms with Crippen LogP contribution in [0.1, 0.15) is 85.9 Å². The van der Waals surface area contributed by atoms with Crippen molar-refractivity contribution in [3.8, 4) is 0 Å². The Morgan fingerprint density at radius 3 is 1.34 bits per heavy atom. The van der Waals surface area contributed by atoms with E-state index in [-0.39, 0.29) is 46.7 Å². The third kappa shape index (κ3) is 11.8. The molecular weight excluding hydrogens is 1550 g/mol. The van der Waals surface area contributed by atoms with Crippen molar-refractivity contribution in [2.24, 2.45) is 0 Å². The lowest BCUT2D eigenvalue weighted by Crippen LogP contribution is -2.06. The van der Waals surface area contributed by atoms with Gasteiger partial charge < -0.3 is 17.2 Å². The van der Waals surface area contributed by atoms with Gasteiger partial charge in [-0.05, 0) is 162 Å². The van der Waals surface area contributed by atoms with Crippen molar-refractivity contribution in [2.45, 2.75) is 0 Å². The zero-order valence-electron chi connectivity index (χ0n) is 39.5. The van der Waals surface area contributed by atoms with Crippen molar-refractivity contribution >= 4 is 278 Å². The van der Waals surface area contributed by atoms with Crippen molar-refractivity contribution in [3.63, 3.8) is 0 Å². The molecule has 0 fully saturated rings. The summed E-state index contributed by atoms with van der Waals surface area (Å²) >= 11 is 30.5. The molecule has 4 aromatic heterocycles. The molecule has 8 rings (SSSR count). The van der Waals surface area contributed by atoms with Gasteiger partial charge in [-0.15, -0.1) is 0 Å². The first kappa shape index (κ1) is 61.7. The van der Waals surface area contributed by atoms with Crippen molar-refractivity contribution in [3.05, 3.63) is 184 Å². The molecule has 0 saturated heterocycles. The minimum atomic E-state index is 0.0290. The first-order valence-electron chi connectivity index (χ1n) is 21.3. The summed E-state index contributed by atoms with van der Waals surface area (Å²) in [6.45, 7) is 30.7. The number of hydrogen-bond acceptors (Lipinski definition) is 11. The number of nitrogens with zero attached hydrogens (tertiary/aromatic N) is 4. The van der Waals surface area contributed by atoms with Gasteiger partial charge in [0.25, 0.3) is 0 Å². The second-order valence-electron chi connectivity index (χ2n) is 15.2. The van der Waals surface area contributed by atoms with Crippen molar-refractivity contribution < 1.29 is 19.2 Å². The number of nitrogens with two attached hydrogens (primary N) is 3. The third-order valence-corrected chi connectivity index (χ3v) is 17.4. The van der Waals surface area contributed by atoms with Gasteiger partial charge in [-0.1, -0.05) is 123 Å². The van der Waals surface area contributed by atoms with Crippen LogP contribution >= 0.6 is 143 Å². The summed E-state index contributed by atoms with van der Waals surface area (Å²) in [5.41, 5.74) is 29.0. The number of benzene rings is 4. The highest BCUT2D eigenvalue weighted by atomic mass is 79.9. The molecule has 0 amide bonds. The molecule has 76 heavy (non-hydrogen) atoms. The van der Waals surface area contributed by atoms with E-state index in [1.165, 1.54) is 0 Å². The average molecular weight is 1590 g/mol. The summed E-state index contributed by atoms with van der Waals surface area (Å²) in [6.07, 6.45) is 15.8. The van der Waals surface area contributed by atoms with E-state index in [2.05, 4.69) is 216 Å². The van der Waals surface area contributed by atoms with Crippen molar-refractivity contribution in [1.82, 2.24) is 19.9 Å². The predicted octanol–water partition coefficient (Wildman–Crippen LogP) is 18.9. The Kier molecular flexibility index (Phi) is 21.9. The van der Waals surface area contributed by atoms with Gasteiger partial charge in [0.1, 0.15) is 19.6 Å². The zero-order chi connectivity index (χ0) is 56.6. The van der Waals surface area contributed by atoms with Crippen LogP contribution in [0.5, 0.6) is 0 Å². The molecule has 0 radical (unpaired) electrons. The highest BCUT2D eigenvalue weighted by molar-refractivity contribution is 9.12. The Hall–Kier alpha value is -5.16. The molecule has 4 heterocycles. The number of fused-ring (bicyclic) bond motifs is 4.